The minimum atomic E-state index is -0.876. The Morgan fingerprint density at radius 2 is 1.59 bits per heavy atom. The fraction of sp³-hybridized carbons (Fsp3) is 0.250. The molecular weight excluding hydrogens is 342 g/mol. The van der Waals surface area contributed by atoms with Crippen molar-refractivity contribution in [2.24, 2.45) is 0 Å². The van der Waals surface area contributed by atoms with Gasteiger partial charge in [-0.1, -0.05) is 42.5 Å². The molecule has 27 heavy (non-hydrogen) atoms. The van der Waals surface area contributed by atoms with E-state index >= 15 is 0 Å². The molecule has 0 fully saturated rings. The lowest BCUT2D eigenvalue weighted by molar-refractivity contribution is -0.0619. The van der Waals surface area contributed by atoms with Gasteiger partial charge in [-0.15, -0.1) is 0 Å². The highest BCUT2D eigenvalue weighted by atomic mass is 16.7. The van der Waals surface area contributed by atoms with Crippen LogP contribution in [0.25, 0.3) is 0 Å². The number of benzene rings is 2. The summed E-state index contributed by atoms with van der Waals surface area (Å²) in [6, 6.07) is 17.8. The molecule has 4 rings (SSSR count). The molecule has 138 valence electrons. The maximum Gasteiger partial charge on any atom is 0.255 e. The number of hydrogen-bond acceptors (Lipinski definition) is 7. The molecule has 0 atom stereocenters. The number of anilines is 2. The van der Waals surface area contributed by atoms with Crippen LogP contribution in [0.5, 0.6) is 11.5 Å². The van der Waals surface area contributed by atoms with Crippen molar-refractivity contribution in [1.82, 2.24) is 15.0 Å². The van der Waals surface area contributed by atoms with Crippen LogP contribution < -0.4 is 20.5 Å². The van der Waals surface area contributed by atoms with Crippen LogP contribution in [-0.4, -0.2) is 27.3 Å². The summed E-state index contributed by atoms with van der Waals surface area (Å²) in [7, 11) is 0. The zero-order chi connectivity index (χ0) is 18.7. The Labute approximate surface area is 157 Å². The van der Waals surface area contributed by atoms with Crippen LogP contribution in [0.2, 0.25) is 0 Å². The number of nitrogens with zero attached hydrogens (tertiary/aromatic N) is 3. The van der Waals surface area contributed by atoms with Crippen LogP contribution in [0.4, 0.5) is 11.9 Å². The second-order valence-corrected chi connectivity index (χ2v) is 6.56. The molecule has 3 N–H and O–H groups in total. The zero-order valence-corrected chi connectivity index (χ0v) is 15.1. The number of rotatable bonds is 6. The minimum Gasteiger partial charge on any atom is -0.448 e. The molecule has 0 aliphatic carbocycles. The molecule has 0 saturated carbocycles. The quantitative estimate of drug-likeness (QED) is 0.695. The van der Waals surface area contributed by atoms with Crippen molar-refractivity contribution in [2.45, 2.75) is 25.6 Å². The zero-order valence-electron chi connectivity index (χ0n) is 15.1. The fourth-order valence-corrected chi connectivity index (χ4v) is 3.02. The second-order valence-electron chi connectivity index (χ2n) is 6.56. The van der Waals surface area contributed by atoms with Crippen molar-refractivity contribution in [1.29, 1.82) is 0 Å². The molecule has 0 radical (unpaired) electrons. The molecule has 7 heteroatoms. The van der Waals surface area contributed by atoms with Gasteiger partial charge in [0.1, 0.15) is 5.82 Å². The van der Waals surface area contributed by atoms with E-state index in [0.29, 0.717) is 36.2 Å². The number of aromatic nitrogens is 3. The third-order valence-electron chi connectivity index (χ3n) is 4.22. The Balaban J connectivity index is 1.42. The van der Waals surface area contributed by atoms with E-state index in [4.69, 9.17) is 15.2 Å². The molecule has 1 aliphatic heterocycles. The van der Waals surface area contributed by atoms with Gasteiger partial charge in [0.15, 0.2) is 11.5 Å². The van der Waals surface area contributed by atoms with E-state index in [-0.39, 0.29) is 5.95 Å². The van der Waals surface area contributed by atoms with E-state index < -0.39 is 5.79 Å². The summed E-state index contributed by atoms with van der Waals surface area (Å²) in [5, 5.41) is 3.21. The second kappa shape index (κ2) is 7.11. The van der Waals surface area contributed by atoms with Crippen molar-refractivity contribution in [3.63, 3.8) is 0 Å². The van der Waals surface area contributed by atoms with Crippen molar-refractivity contribution >= 4 is 11.9 Å². The fourth-order valence-electron chi connectivity index (χ4n) is 3.02. The molecule has 3 aromatic rings. The summed E-state index contributed by atoms with van der Waals surface area (Å²) in [5.74, 6) is 1.68. The molecule has 1 aliphatic rings. The van der Waals surface area contributed by atoms with E-state index in [1.165, 1.54) is 5.56 Å². The Morgan fingerprint density at radius 1 is 0.926 bits per heavy atom. The summed E-state index contributed by atoms with van der Waals surface area (Å²) in [6.45, 7) is 2.55. The smallest absolute Gasteiger partial charge is 0.255 e. The summed E-state index contributed by atoms with van der Waals surface area (Å²) < 4.78 is 11.9. The lowest BCUT2D eigenvalue weighted by Crippen LogP contribution is -2.38. The van der Waals surface area contributed by atoms with Gasteiger partial charge in [-0.3, -0.25) is 0 Å². The van der Waals surface area contributed by atoms with Crippen LogP contribution in [-0.2, 0) is 12.8 Å². The maximum atomic E-state index is 5.93. The highest BCUT2D eigenvalue weighted by Crippen LogP contribution is 2.39. The van der Waals surface area contributed by atoms with Crippen molar-refractivity contribution < 1.29 is 9.47 Å². The third-order valence-corrected chi connectivity index (χ3v) is 4.22. The molecule has 0 bridgehead atoms. The van der Waals surface area contributed by atoms with Crippen LogP contribution in [0.1, 0.15) is 18.3 Å². The molecule has 0 saturated heterocycles. The summed E-state index contributed by atoms with van der Waals surface area (Å²) >= 11 is 0. The first-order chi connectivity index (χ1) is 13.1. The number of nitrogens with one attached hydrogen (secondary N) is 1. The monoisotopic (exact) mass is 363 g/mol. The first-order valence-corrected chi connectivity index (χ1v) is 8.85. The van der Waals surface area contributed by atoms with Crippen LogP contribution in [0.15, 0.2) is 54.6 Å². The van der Waals surface area contributed by atoms with Gasteiger partial charge in [-0.05, 0) is 24.1 Å². The Kier molecular flexibility index (Phi) is 4.50. The van der Waals surface area contributed by atoms with Gasteiger partial charge in [0.2, 0.25) is 11.9 Å². The topological polar surface area (TPSA) is 95.2 Å². The van der Waals surface area contributed by atoms with Gasteiger partial charge in [-0.2, -0.15) is 15.0 Å². The first kappa shape index (κ1) is 17.1. The summed E-state index contributed by atoms with van der Waals surface area (Å²) in [5.41, 5.74) is 7.10. The Morgan fingerprint density at radius 3 is 2.30 bits per heavy atom. The Bertz CT molecular complexity index is 908. The van der Waals surface area contributed by atoms with Crippen molar-refractivity contribution in [2.75, 3.05) is 17.6 Å². The highest BCUT2D eigenvalue weighted by Gasteiger charge is 2.38. The number of para-hydroxylation sites is 2. The van der Waals surface area contributed by atoms with Gasteiger partial charge in [0, 0.05) is 13.5 Å². The summed E-state index contributed by atoms with van der Waals surface area (Å²) in [4.78, 5) is 12.9. The minimum absolute atomic E-state index is 0.168. The number of hydrogen-bond donors (Lipinski definition) is 2. The number of fused-ring (bicyclic) bond motifs is 1. The average Bonchev–Trinajstić information content (AvgIpc) is 2.97. The predicted molar refractivity (Wildman–Crippen MR) is 103 cm³/mol. The van der Waals surface area contributed by atoms with E-state index in [1.54, 1.807) is 0 Å². The highest BCUT2D eigenvalue weighted by molar-refractivity contribution is 5.43. The third kappa shape index (κ3) is 4.08. The van der Waals surface area contributed by atoms with E-state index in [0.717, 1.165) is 6.42 Å². The largest absolute Gasteiger partial charge is 0.448 e. The number of nitrogens with two attached hydrogens (primary N) is 1. The standard InChI is InChI=1S/C20H21N5O2/c1-20(26-15-9-5-6-10-16(15)27-20)13-17-23-18(21)25-19(24-17)22-12-11-14-7-3-2-4-8-14/h2-10H,11-13H2,1H3,(H3,21,22,23,24,25). The Hall–Kier alpha value is -3.35. The van der Waals surface area contributed by atoms with Crippen LogP contribution >= 0.6 is 0 Å². The molecule has 0 amide bonds. The number of ether oxygens (including phenoxy) is 2. The molecule has 2 heterocycles. The van der Waals surface area contributed by atoms with Crippen LogP contribution in [0.3, 0.4) is 0 Å². The molecule has 7 nitrogen and oxygen atoms in total. The van der Waals surface area contributed by atoms with Gasteiger partial charge < -0.3 is 20.5 Å². The van der Waals surface area contributed by atoms with E-state index in [9.17, 15) is 0 Å². The first-order valence-electron chi connectivity index (χ1n) is 8.85. The van der Waals surface area contributed by atoms with Crippen molar-refractivity contribution in [3.05, 3.63) is 66.0 Å². The van der Waals surface area contributed by atoms with Crippen molar-refractivity contribution in [3.8, 4) is 11.5 Å². The SMILES string of the molecule is CC1(Cc2nc(N)nc(NCCc3ccccc3)n2)Oc2ccccc2O1. The molecule has 0 unspecified atom stereocenters. The summed E-state index contributed by atoms with van der Waals surface area (Å²) in [6.07, 6.45) is 1.21. The van der Waals surface area contributed by atoms with Gasteiger partial charge in [-0.25, -0.2) is 0 Å². The lowest BCUT2D eigenvalue weighted by atomic mass is 10.1. The van der Waals surface area contributed by atoms with Gasteiger partial charge in [0.25, 0.3) is 5.79 Å². The van der Waals surface area contributed by atoms with Gasteiger partial charge >= 0.3 is 0 Å². The predicted octanol–water partition coefficient (Wildman–Crippen LogP) is 2.84. The normalized spacial score (nSPS) is 14.1. The average molecular weight is 363 g/mol. The maximum absolute atomic E-state index is 5.93. The van der Waals surface area contributed by atoms with E-state index in [1.807, 2.05) is 49.4 Å². The molecule has 0 spiro atoms. The molecule has 1 aromatic heterocycles. The van der Waals surface area contributed by atoms with E-state index in [2.05, 4.69) is 32.4 Å². The molecule has 2 aromatic carbocycles. The van der Waals surface area contributed by atoms with Crippen LogP contribution in [0, 0.1) is 0 Å². The molecular formula is C20H21N5O2. The lowest BCUT2D eigenvalue weighted by Gasteiger charge is -2.22. The number of nitrogen functional groups attached to an aromatic ring is 1. The van der Waals surface area contributed by atoms with Gasteiger partial charge in [0.05, 0.1) is 6.42 Å².